The van der Waals surface area contributed by atoms with Gasteiger partial charge in [-0.1, -0.05) is 37.7 Å². The van der Waals surface area contributed by atoms with Gasteiger partial charge in [-0.3, -0.25) is 14.2 Å². The number of Topliss-reactive ketones (excluding diaryl/α,β-unsaturated/α-hetero) is 1. The van der Waals surface area contributed by atoms with E-state index in [0.29, 0.717) is 39.8 Å². The predicted molar refractivity (Wildman–Crippen MR) is 114 cm³/mol. The van der Waals surface area contributed by atoms with Crippen molar-refractivity contribution in [3.63, 3.8) is 0 Å². The number of aromatic nitrogens is 2. The van der Waals surface area contributed by atoms with Crippen molar-refractivity contribution in [2.75, 3.05) is 12.9 Å². The Labute approximate surface area is 168 Å². The highest BCUT2D eigenvalue weighted by atomic mass is 32.2. The first-order valence-corrected chi connectivity index (χ1v) is 10.3. The molecule has 0 aliphatic rings. The van der Waals surface area contributed by atoms with E-state index in [1.54, 1.807) is 42.0 Å². The Hall–Kier alpha value is -2.60. The van der Waals surface area contributed by atoms with E-state index >= 15 is 0 Å². The average molecular weight is 397 g/mol. The number of carbonyl (C=O) groups is 1. The number of carbonyl (C=O) groups excluding carboxylic acids is 1. The highest BCUT2D eigenvalue weighted by molar-refractivity contribution is 7.99. The molecule has 0 bridgehead atoms. The summed E-state index contributed by atoms with van der Waals surface area (Å²) in [6.45, 7) is 4.84. The molecule has 3 aromatic rings. The number of fused-ring (bicyclic) bond motifs is 1. The summed E-state index contributed by atoms with van der Waals surface area (Å²) < 4.78 is 6.83. The smallest absolute Gasteiger partial charge is 0.262 e. The minimum atomic E-state index is -0.0503. The van der Waals surface area contributed by atoms with Crippen LogP contribution in [-0.2, 0) is 6.54 Å². The van der Waals surface area contributed by atoms with Gasteiger partial charge in [0.2, 0.25) is 0 Å². The summed E-state index contributed by atoms with van der Waals surface area (Å²) in [6, 6.07) is 14.4. The van der Waals surface area contributed by atoms with Crippen LogP contribution in [0.5, 0.6) is 5.75 Å². The Kier molecular flexibility index (Phi) is 6.52. The third-order valence-electron chi connectivity index (χ3n) is 4.50. The number of thioether (sulfide) groups is 1. The first-order chi connectivity index (χ1) is 13.5. The Morgan fingerprint density at radius 3 is 2.54 bits per heavy atom. The van der Waals surface area contributed by atoms with Crippen molar-refractivity contribution in [1.29, 1.82) is 0 Å². The van der Waals surface area contributed by atoms with E-state index in [4.69, 9.17) is 4.74 Å². The number of hydrogen-bond donors (Lipinski definition) is 0. The van der Waals surface area contributed by atoms with Gasteiger partial charge in [0.25, 0.3) is 5.56 Å². The van der Waals surface area contributed by atoms with Crippen molar-refractivity contribution < 1.29 is 9.53 Å². The number of rotatable bonds is 8. The SMILES string of the molecule is COc1ccc(C(=O)CSc2nc3ccccc3c(=O)n2CCC(C)C)cc1. The van der Waals surface area contributed by atoms with Gasteiger partial charge in [-0.25, -0.2) is 4.98 Å². The third-order valence-corrected chi connectivity index (χ3v) is 5.48. The molecule has 0 aliphatic heterocycles. The largest absolute Gasteiger partial charge is 0.497 e. The summed E-state index contributed by atoms with van der Waals surface area (Å²) >= 11 is 1.31. The van der Waals surface area contributed by atoms with E-state index in [-0.39, 0.29) is 17.1 Å². The van der Waals surface area contributed by atoms with Crippen LogP contribution in [-0.4, -0.2) is 28.2 Å². The fourth-order valence-electron chi connectivity index (χ4n) is 2.83. The Morgan fingerprint density at radius 2 is 1.86 bits per heavy atom. The van der Waals surface area contributed by atoms with Crippen LogP contribution >= 0.6 is 11.8 Å². The summed E-state index contributed by atoms with van der Waals surface area (Å²) in [6.07, 6.45) is 0.875. The lowest BCUT2D eigenvalue weighted by Crippen LogP contribution is -2.24. The van der Waals surface area contributed by atoms with E-state index in [1.807, 2.05) is 18.2 Å². The molecule has 0 spiro atoms. The fourth-order valence-corrected chi connectivity index (χ4v) is 3.75. The fraction of sp³-hybridized carbons (Fsp3) is 0.318. The molecular weight excluding hydrogens is 372 g/mol. The maximum atomic E-state index is 13.0. The quantitative estimate of drug-likeness (QED) is 0.320. The summed E-state index contributed by atoms with van der Waals surface area (Å²) in [5.41, 5.74) is 1.23. The first kappa shape index (κ1) is 20.1. The van der Waals surface area contributed by atoms with Crippen LogP contribution in [0.15, 0.2) is 58.5 Å². The zero-order valence-corrected chi connectivity index (χ0v) is 17.2. The molecule has 1 heterocycles. The molecule has 0 N–H and O–H groups in total. The van der Waals surface area contributed by atoms with Crippen molar-refractivity contribution in [1.82, 2.24) is 9.55 Å². The number of benzene rings is 2. The van der Waals surface area contributed by atoms with Crippen molar-refractivity contribution in [2.45, 2.75) is 32.0 Å². The molecule has 0 atom stereocenters. The maximum absolute atomic E-state index is 13.0. The summed E-state index contributed by atoms with van der Waals surface area (Å²) in [7, 11) is 1.59. The van der Waals surface area contributed by atoms with E-state index in [9.17, 15) is 9.59 Å². The van der Waals surface area contributed by atoms with Gasteiger partial charge in [0.05, 0.1) is 23.8 Å². The summed E-state index contributed by atoms with van der Waals surface area (Å²) in [4.78, 5) is 30.2. The number of para-hydroxylation sites is 1. The van der Waals surface area contributed by atoms with Crippen LogP contribution in [0.1, 0.15) is 30.6 Å². The molecule has 2 aromatic carbocycles. The molecule has 0 fully saturated rings. The summed E-state index contributed by atoms with van der Waals surface area (Å²) in [5, 5.41) is 1.20. The molecular formula is C22H24N2O3S. The normalized spacial score (nSPS) is 11.1. The summed E-state index contributed by atoms with van der Waals surface area (Å²) in [5.74, 6) is 1.39. The standard InChI is InChI=1S/C22H24N2O3S/c1-15(2)12-13-24-21(26)18-6-4-5-7-19(18)23-22(24)28-14-20(25)16-8-10-17(27-3)11-9-16/h4-11,15H,12-14H2,1-3H3. The molecule has 0 amide bonds. The second kappa shape index (κ2) is 9.06. The lowest BCUT2D eigenvalue weighted by Gasteiger charge is -2.14. The highest BCUT2D eigenvalue weighted by Crippen LogP contribution is 2.21. The van der Waals surface area contributed by atoms with Gasteiger partial charge in [-0.05, 0) is 48.7 Å². The van der Waals surface area contributed by atoms with E-state index in [0.717, 1.165) is 6.42 Å². The van der Waals surface area contributed by atoms with E-state index in [2.05, 4.69) is 18.8 Å². The predicted octanol–water partition coefficient (Wildman–Crippen LogP) is 4.43. The highest BCUT2D eigenvalue weighted by Gasteiger charge is 2.14. The molecule has 6 heteroatoms. The minimum Gasteiger partial charge on any atom is -0.497 e. The van der Waals surface area contributed by atoms with Gasteiger partial charge >= 0.3 is 0 Å². The second-order valence-electron chi connectivity index (χ2n) is 6.99. The van der Waals surface area contributed by atoms with Gasteiger partial charge in [-0.15, -0.1) is 0 Å². The molecule has 0 aliphatic carbocycles. The molecule has 146 valence electrons. The van der Waals surface area contributed by atoms with Gasteiger partial charge in [-0.2, -0.15) is 0 Å². The Balaban J connectivity index is 1.86. The van der Waals surface area contributed by atoms with Gasteiger partial charge in [0.1, 0.15) is 5.75 Å². The number of hydrogen-bond acceptors (Lipinski definition) is 5. The third kappa shape index (κ3) is 4.62. The molecule has 0 unspecified atom stereocenters. The molecule has 28 heavy (non-hydrogen) atoms. The minimum absolute atomic E-state index is 0.00882. The van der Waals surface area contributed by atoms with Crippen LogP contribution in [0.4, 0.5) is 0 Å². The lowest BCUT2D eigenvalue weighted by molar-refractivity contribution is 0.102. The van der Waals surface area contributed by atoms with E-state index in [1.165, 1.54) is 11.8 Å². The molecule has 5 nitrogen and oxygen atoms in total. The number of nitrogens with zero attached hydrogens (tertiary/aromatic N) is 2. The molecule has 0 radical (unpaired) electrons. The molecule has 0 saturated carbocycles. The Morgan fingerprint density at radius 1 is 1.14 bits per heavy atom. The van der Waals surface area contributed by atoms with Crippen LogP contribution in [0.2, 0.25) is 0 Å². The van der Waals surface area contributed by atoms with Crippen molar-refractivity contribution in [3.8, 4) is 5.75 Å². The van der Waals surface area contributed by atoms with Crippen LogP contribution in [0.3, 0.4) is 0 Å². The molecule has 3 rings (SSSR count). The van der Waals surface area contributed by atoms with Gasteiger partial charge in [0, 0.05) is 12.1 Å². The second-order valence-corrected chi connectivity index (χ2v) is 7.93. The van der Waals surface area contributed by atoms with Crippen LogP contribution < -0.4 is 10.3 Å². The number of ketones is 1. The van der Waals surface area contributed by atoms with Gasteiger partial charge < -0.3 is 4.74 Å². The Bertz CT molecular complexity index is 1030. The number of ether oxygens (including phenoxy) is 1. The average Bonchev–Trinajstić information content (AvgIpc) is 2.71. The molecule has 0 saturated heterocycles. The van der Waals surface area contributed by atoms with E-state index < -0.39 is 0 Å². The van der Waals surface area contributed by atoms with Crippen LogP contribution in [0.25, 0.3) is 10.9 Å². The zero-order valence-electron chi connectivity index (χ0n) is 16.3. The van der Waals surface area contributed by atoms with Gasteiger partial charge in [0.15, 0.2) is 10.9 Å². The number of methoxy groups -OCH3 is 1. The maximum Gasteiger partial charge on any atom is 0.262 e. The lowest BCUT2D eigenvalue weighted by atomic mass is 10.1. The topological polar surface area (TPSA) is 61.2 Å². The zero-order chi connectivity index (χ0) is 20.1. The van der Waals surface area contributed by atoms with Crippen molar-refractivity contribution in [2.24, 2.45) is 5.92 Å². The van der Waals surface area contributed by atoms with Crippen LogP contribution in [0, 0.1) is 5.92 Å². The first-order valence-electron chi connectivity index (χ1n) is 9.29. The van der Waals surface area contributed by atoms with Crippen molar-refractivity contribution in [3.05, 3.63) is 64.4 Å². The molecule has 1 aromatic heterocycles. The van der Waals surface area contributed by atoms with Crippen molar-refractivity contribution >= 4 is 28.4 Å². The monoisotopic (exact) mass is 396 g/mol.